The first-order valence-electron chi connectivity index (χ1n) is 6.23. The predicted octanol–water partition coefficient (Wildman–Crippen LogP) is 1.87. The zero-order chi connectivity index (χ0) is 17.8. The molecule has 1 aromatic rings. The van der Waals surface area contributed by atoms with Crippen LogP contribution < -0.4 is 15.7 Å². The van der Waals surface area contributed by atoms with Crippen LogP contribution in [-0.4, -0.2) is 30.5 Å². The zero-order valence-electron chi connectivity index (χ0n) is 12.0. The lowest BCUT2D eigenvalue weighted by atomic mass is 10.1. The minimum absolute atomic E-state index is 0.00175. The lowest BCUT2D eigenvalue weighted by Crippen LogP contribution is -2.28. The van der Waals surface area contributed by atoms with Crippen molar-refractivity contribution in [3.63, 3.8) is 0 Å². The number of hydrogen-bond donors (Lipinski definition) is 3. The minimum Gasteiger partial charge on any atom is -0.396 e. The highest BCUT2D eigenvalue weighted by Gasteiger charge is 2.49. The molecule has 0 unspecified atom stereocenters. The maximum Gasteiger partial charge on any atom is 0.534 e. The Balaban J connectivity index is 3.24. The molecule has 0 aliphatic rings. The average Bonchev–Trinajstić information content (AvgIpc) is 2.39. The van der Waals surface area contributed by atoms with Gasteiger partial charge in [-0.05, 0) is 12.0 Å². The highest BCUT2D eigenvalue weighted by atomic mass is 32.2. The number of nitrogens with two attached hydrogens (primary N) is 2. The summed E-state index contributed by atoms with van der Waals surface area (Å²) in [6.45, 7) is 1.81. The summed E-state index contributed by atoms with van der Waals surface area (Å²) in [5.41, 5.74) is 6.09. The van der Waals surface area contributed by atoms with Gasteiger partial charge >= 0.3 is 15.6 Å². The van der Waals surface area contributed by atoms with Crippen molar-refractivity contribution in [3.05, 3.63) is 11.6 Å². The van der Waals surface area contributed by atoms with E-state index in [9.17, 15) is 21.6 Å². The quantitative estimate of drug-likeness (QED) is 0.219. The number of amidine groups is 1. The molecule has 0 atom stereocenters. The van der Waals surface area contributed by atoms with Gasteiger partial charge in [-0.15, -0.1) is 0 Å². The summed E-state index contributed by atoms with van der Waals surface area (Å²) in [4.78, 5) is 3.67. The van der Waals surface area contributed by atoms with Crippen molar-refractivity contribution in [3.8, 4) is 5.88 Å². The standard InChI is InChI=1S/C11H15F3N4O3S2/c1-2-3-6-4-8(21-23(19,20)11(12,13)14)18-10(9(6)17)22-5-7(15)16/h4H,2-3,5,17H2,1H3,(H3,15,16). The normalized spacial score (nSPS) is 12.2. The van der Waals surface area contributed by atoms with Crippen LogP contribution in [-0.2, 0) is 16.5 Å². The Morgan fingerprint density at radius 1 is 1.48 bits per heavy atom. The molecule has 0 radical (unpaired) electrons. The van der Waals surface area contributed by atoms with Gasteiger partial charge in [0.1, 0.15) is 10.9 Å². The molecule has 0 fully saturated rings. The van der Waals surface area contributed by atoms with Gasteiger partial charge in [-0.2, -0.15) is 21.6 Å². The second-order valence-electron chi connectivity index (χ2n) is 4.39. The van der Waals surface area contributed by atoms with E-state index in [0.29, 0.717) is 18.4 Å². The van der Waals surface area contributed by atoms with Gasteiger partial charge in [-0.1, -0.05) is 25.1 Å². The van der Waals surface area contributed by atoms with Crippen LogP contribution in [0.25, 0.3) is 0 Å². The number of pyridine rings is 1. The van der Waals surface area contributed by atoms with Gasteiger partial charge in [0.05, 0.1) is 11.4 Å². The minimum atomic E-state index is -5.82. The van der Waals surface area contributed by atoms with E-state index >= 15 is 0 Å². The van der Waals surface area contributed by atoms with Gasteiger partial charge in [0, 0.05) is 6.07 Å². The maximum absolute atomic E-state index is 12.4. The Labute approximate surface area is 135 Å². The van der Waals surface area contributed by atoms with E-state index in [1.807, 2.05) is 6.92 Å². The van der Waals surface area contributed by atoms with Crippen LogP contribution in [0.3, 0.4) is 0 Å². The summed E-state index contributed by atoms with van der Waals surface area (Å²) in [7, 11) is -5.82. The van der Waals surface area contributed by atoms with Crippen LogP contribution in [0, 0.1) is 5.41 Å². The number of halogens is 3. The number of hydrogen-bond acceptors (Lipinski definition) is 7. The number of aromatic nitrogens is 1. The third kappa shape index (κ3) is 5.16. The Kier molecular flexibility index (Phi) is 6.11. The number of anilines is 1. The van der Waals surface area contributed by atoms with Gasteiger partial charge in [0.15, 0.2) is 0 Å². The van der Waals surface area contributed by atoms with Gasteiger partial charge in [-0.3, -0.25) is 5.41 Å². The molecule has 0 aliphatic heterocycles. The largest absolute Gasteiger partial charge is 0.534 e. The van der Waals surface area contributed by atoms with Crippen molar-refractivity contribution in [2.75, 3.05) is 11.5 Å². The van der Waals surface area contributed by atoms with Crippen molar-refractivity contribution in [1.29, 1.82) is 5.41 Å². The van der Waals surface area contributed by atoms with Crippen LogP contribution in [0.5, 0.6) is 5.88 Å². The number of alkyl halides is 3. The number of thioether (sulfide) groups is 1. The summed E-state index contributed by atoms with van der Waals surface area (Å²) in [5.74, 6) is -0.924. The number of nitrogen functional groups attached to an aromatic ring is 1. The summed E-state index contributed by atoms with van der Waals surface area (Å²) in [6, 6.07) is 1.06. The molecular weight excluding hydrogens is 357 g/mol. The van der Waals surface area contributed by atoms with Gasteiger partial charge in [0.2, 0.25) is 5.88 Å². The topological polar surface area (TPSA) is 132 Å². The monoisotopic (exact) mass is 372 g/mol. The molecule has 1 aromatic heterocycles. The smallest absolute Gasteiger partial charge is 0.396 e. The maximum atomic E-state index is 12.4. The van der Waals surface area contributed by atoms with E-state index in [0.717, 1.165) is 17.8 Å². The second kappa shape index (κ2) is 7.25. The molecule has 1 heterocycles. The van der Waals surface area contributed by atoms with Crippen LogP contribution in [0.2, 0.25) is 0 Å². The molecular formula is C11H15F3N4O3S2. The third-order valence-corrected chi connectivity index (χ3v) is 4.45. The molecule has 12 heteroatoms. The molecule has 5 N–H and O–H groups in total. The van der Waals surface area contributed by atoms with Crippen molar-refractivity contribution >= 4 is 33.4 Å². The van der Waals surface area contributed by atoms with E-state index in [1.165, 1.54) is 0 Å². The van der Waals surface area contributed by atoms with Gasteiger partial charge < -0.3 is 15.7 Å². The summed E-state index contributed by atoms with van der Waals surface area (Å²) >= 11 is 0.901. The summed E-state index contributed by atoms with van der Waals surface area (Å²) in [6.07, 6.45) is 1.01. The fourth-order valence-electron chi connectivity index (χ4n) is 1.49. The molecule has 23 heavy (non-hydrogen) atoms. The van der Waals surface area contributed by atoms with Gasteiger partial charge in [0.25, 0.3) is 0 Å². The zero-order valence-corrected chi connectivity index (χ0v) is 13.6. The molecule has 0 aliphatic carbocycles. The molecule has 0 spiro atoms. The fraction of sp³-hybridized carbons (Fsp3) is 0.455. The first kappa shape index (κ1) is 19.4. The van der Waals surface area contributed by atoms with Crippen LogP contribution in [0.4, 0.5) is 18.9 Å². The first-order valence-corrected chi connectivity index (χ1v) is 8.63. The molecule has 7 nitrogen and oxygen atoms in total. The molecule has 0 amide bonds. The molecule has 0 saturated carbocycles. The van der Waals surface area contributed by atoms with Crippen molar-refractivity contribution in [2.45, 2.75) is 30.3 Å². The highest BCUT2D eigenvalue weighted by molar-refractivity contribution is 8.00. The molecule has 0 aromatic carbocycles. The third-order valence-electron chi connectivity index (χ3n) is 2.45. The number of nitrogens with zero attached hydrogens (tertiary/aromatic N) is 1. The molecule has 0 bridgehead atoms. The van der Waals surface area contributed by atoms with E-state index in [-0.39, 0.29) is 22.3 Å². The SMILES string of the molecule is CCCc1cc(OS(=O)(=O)C(F)(F)F)nc(SCC(=N)N)c1N. The van der Waals surface area contributed by atoms with E-state index in [2.05, 4.69) is 9.17 Å². The lowest BCUT2D eigenvalue weighted by Gasteiger charge is -2.13. The Morgan fingerprint density at radius 2 is 2.09 bits per heavy atom. The second-order valence-corrected chi connectivity index (χ2v) is 6.89. The van der Waals surface area contributed by atoms with E-state index in [4.69, 9.17) is 16.9 Å². The van der Waals surface area contributed by atoms with Crippen LogP contribution in [0.15, 0.2) is 11.1 Å². The van der Waals surface area contributed by atoms with Crippen molar-refractivity contribution in [1.82, 2.24) is 4.98 Å². The van der Waals surface area contributed by atoms with Crippen molar-refractivity contribution < 1.29 is 25.8 Å². The predicted molar refractivity (Wildman–Crippen MR) is 80.9 cm³/mol. The van der Waals surface area contributed by atoms with E-state index < -0.39 is 21.5 Å². The van der Waals surface area contributed by atoms with Crippen LogP contribution >= 0.6 is 11.8 Å². The fourth-order valence-corrected chi connectivity index (χ4v) is 2.63. The Hall–Kier alpha value is -1.69. The van der Waals surface area contributed by atoms with Crippen molar-refractivity contribution in [2.24, 2.45) is 5.73 Å². The van der Waals surface area contributed by atoms with Crippen LogP contribution in [0.1, 0.15) is 18.9 Å². The summed E-state index contributed by atoms with van der Waals surface area (Å²) < 4.78 is 63.3. The number of rotatable bonds is 7. The Bertz CT molecular complexity index is 692. The lowest BCUT2D eigenvalue weighted by molar-refractivity contribution is -0.0501. The van der Waals surface area contributed by atoms with Gasteiger partial charge in [-0.25, -0.2) is 4.98 Å². The molecule has 0 saturated heterocycles. The average molecular weight is 372 g/mol. The number of nitrogens with one attached hydrogen (secondary N) is 1. The Morgan fingerprint density at radius 3 is 2.57 bits per heavy atom. The summed E-state index contributed by atoms with van der Waals surface area (Å²) in [5, 5.41) is 7.20. The van der Waals surface area contributed by atoms with E-state index in [1.54, 1.807) is 0 Å². The first-order chi connectivity index (χ1) is 10.5. The molecule has 130 valence electrons. The molecule has 1 rings (SSSR count). The number of aryl methyl sites for hydroxylation is 1. The highest BCUT2D eigenvalue weighted by Crippen LogP contribution is 2.32.